The van der Waals surface area contributed by atoms with E-state index in [0.717, 1.165) is 30.5 Å². The van der Waals surface area contributed by atoms with E-state index in [1.807, 2.05) is 6.07 Å². The molecule has 6 nitrogen and oxygen atoms in total. The Morgan fingerprint density at radius 2 is 2.09 bits per heavy atom. The zero-order chi connectivity index (χ0) is 16.2. The second-order valence-corrected chi connectivity index (χ2v) is 6.19. The zero-order valence-corrected chi connectivity index (χ0v) is 14.0. The molecule has 0 amide bonds. The second kappa shape index (κ2) is 7.00. The highest BCUT2D eigenvalue weighted by molar-refractivity contribution is 6.32. The third-order valence-corrected chi connectivity index (χ3v) is 4.36. The first-order chi connectivity index (χ1) is 11.2. The van der Waals surface area contributed by atoms with Crippen molar-refractivity contribution in [1.29, 1.82) is 0 Å². The Bertz CT molecular complexity index is 673. The van der Waals surface area contributed by atoms with Gasteiger partial charge in [-0.3, -0.25) is 0 Å². The summed E-state index contributed by atoms with van der Waals surface area (Å²) in [6, 6.07) is 5.44. The Kier molecular flexibility index (Phi) is 4.81. The molecule has 0 saturated carbocycles. The summed E-state index contributed by atoms with van der Waals surface area (Å²) in [5.74, 6) is 2.73. The van der Waals surface area contributed by atoms with Gasteiger partial charge in [-0.15, -0.1) is 5.10 Å². The van der Waals surface area contributed by atoms with Crippen molar-refractivity contribution < 1.29 is 4.74 Å². The van der Waals surface area contributed by atoms with Gasteiger partial charge < -0.3 is 15.0 Å². The van der Waals surface area contributed by atoms with Crippen LogP contribution >= 0.6 is 11.6 Å². The van der Waals surface area contributed by atoms with Crippen LogP contribution in [0.5, 0.6) is 5.75 Å². The van der Waals surface area contributed by atoms with Crippen LogP contribution in [0, 0.1) is 5.92 Å². The monoisotopic (exact) mass is 333 g/mol. The summed E-state index contributed by atoms with van der Waals surface area (Å²) in [5, 5.41) is 11.8. The van der Waals surface area contributed by atoms with E-state index in [4.69, 9.17) is 16.3 Å². The highest BCUT2D eigenvalue weighted by Gasteiger charge is 2.17. The van der Waals surface area contributed by atoms with E-state index in [-0.39, 0.29) is 0 Å². The third kappa shape index (κ3) is 3.82. The summed E-state index contributed by atoms with van der Waals surface area (Å²) >= 11 is 6.13. The van der Waals surface area contributed by atoms with Crippen molar-refractivity contribution in [2.75, 3.05) is 30.4 Å². The first-order valence-electron chi connectivity index (χ1n) is 7.71. The zero-order valence-electron chi connectivity index (χ0n) is 13.3. The molecule has 2 aromatic rings. The Hall–Kier alpha value is -2.08. The SMILES string of the molecule is COc1ccc(Nc2nncc(N3CCC(C)CC3)n2)cc1Cl. The Morgan fingerprint density at radius 3 is 2.78 bits per heavy atom. The summed E-state index contributed by atoms with van der Waals surface area (Å²) in [5.41, 5.74) is 0.794. The molecule has 1 aromatic heterocycles. The van der Waals surface area contributed by atoms with E-state index in [2.05, 4.69) is 32.3 Å². The van der Waals surface area contributed by atoms with Crippen molar-refractivity contribution >= 4 is 29.1 Å². The molecule has 0 radical (unpaired) electrons. The molecule has 1 aromatic carbocycles. The maximum absolute atomic E-state index is 6.13. The van der Waals surface area contributed by atoms with Gasteiger partial charge in [-0.1, -0.05) is 18.5 Å². The average Bonchev–Trinajstić information content (AvgIpc) is 2.56. The number of nitrogens with zero attached hydrogens (tertiary/aromatic N) is 4. The number of anilines is 3. The minimum Gasteiger partial charge on any atom is -0.495 e. The third-order valence-electron chi connectivity index (χ3n) is 4.06. The van der Waals surface area contributed by atoms with Gasteiger partial charge in [-0.25, -0.2) is 0 Å². The number of aromatic nitrogens is 3. The van der Waals surface area contributed by atoms with E-state index in [0.29, 0.717) is 16.7 Å². The van der Waals surface area contributed by atoms with E-state index in [1.54, 1.807) is 25.4 Å². The van der Waals surface area contributed by atoms with Gasteiger partial charge in [0.25, 0.3) is 0 Å². The minimum atomic E-state index is 0.461. The fourth-order valence-corrected chi connectivity index (χ4v) is 2.87. The molecule has 122 valence electrons. The molecule has 1 aliphatic heterocycles. The van der Waals surface area contributed by atoms with Gasteiger partial charge in [0.05, 0.1) is 18.3 Å². The molecule has 23 heavy (non-hydrogen) atoms. The number of hydrogen-bond acceptors (Lipinski definition) is 6. The molecule has 7 heteroatoms. The lowest BCUT2D eigenvalue weighted by atomic mass is 9.99. The van der Waals surface area contributed by atoms with Crippen molar-refractivity contribution in [3.63, 3.8) is 0 Å². The summed E-state index contributed by atoms with van der Waals surface area (Å²) in [6.07, 6.45) is 4.07. The maximum Gasteiger partial charge on any atom is 0.249 e. The number of rotatable bonds is 4. The van der Waals surface area contributed by atoms with Crippen LogP contribution in [-0.2, 0) is 0 Å². The van der Waals surface area contributed by atoms with Gasteiger partial charge in [-0.05, 0) is 37.0 Å². The number of nitrogens with one attached hydrogen (secondary N) is 1. The first-order valence-corrected chi connectivity index (χ1v) is 8.08. The summed E-state index contributed by atoms with van der Waals surface area (Å²) in [7, 11) is 1.59. The standard InChI is InChI=1S/C16H20ClN5O/c1-11-5-7-22(8-6-11)15-10-18-21-16(20-15)19-12-3-4-14(23-2)13(17)9-12/h3-4,9-11H,5-8H2,1-2H3,(H,19,20,21). The molecule has 1 saturated heterocycles. The van der Waals surface area contributed by atoms with E-state index in [1.165, 1.54) is 12.8 Å². The van der Waals surface area contributed by atoms with Gasteiger partial charge in [0.2, 0.25) is 5.95 Å². The van der Waals surface area contributed by atoms with Gasteiger partial charge in [0, 0.05) is 18.8 Å². The largest absolute Gasteiger partial charge is 0.495 e. The molecule has 0 spiro atoms. The predicted molar refractivity (Wildman–Crippen MR) is 91.7 cm³/mol. The lowest BCUT2D eigenvalue weighted by molar-refractivity contribution is 0.415. The van der Waals surface area contributed by atoms with E-state index in [9.17, 15) is 0 Å². The number of halogens is 1. The smallest absolute Gasteiger partial charge is 0.249 e. The topological polar surface area (TPSA) is 63.2 Å². The van der Waals surface area contributed by atoms with Gasteiger partial charge in [0.15, 0.2) is 5.82 Å². The number of benzene rings is 1. The maximum atomic E-state index is 6.13. The number of methoxy groups -OCH3 is 1. The van der Waals surface area contributed by atoms with Crippen molar-refractivity contribution in [3.8, 4) is 5.75 Å². The van der Waals surface area contributed by atoms with E-state index >= 15 is 0 Å². The van der Waals surface area contributed by atoms with Crippen LogP contribution in [0.25, 0.3) is 0 Å². The summed E-state index contributed by atoms with van der Waals surface area (Å²) in [6.45, 7) is 4.30. The molecule has 1 aliphatic rings. The van der Waals surface area contributed by atoms with Crippen molar-refractivity contribution in [2.45, 2.75) is 19.8 Å². The molecular weight excluding hydrogens is 314 g/mol. The molecule has 1 fully saturated rings. The Labute approximate surface area is 140 Å². The van der Waals surface area contributed by atoms with Crippen LogP contribution in [0.3, 0.4) is 0 Å². The van der Waals surface area contributed by atoms with Crippen LogP contribution in [0.2, 0.25) is 5.02 Å². The molecule has 1 N–H and O–H groups in total. The highest BCUT2D eigenvalue weighted by atomic mass is 35.5. The fraction of sp³-hybridized carbons (Fsp3) is 0.438. The normalized spacial score (nSPS) is 15.5. The van der Waals surface area contributed by atoms with Crippen LogP contribution in [0.15, 0.2) is 24.4 Å². The van der Waals surface area contributed by atoms with Crippen LogP contribution in [0.4, 0.5) is 17.5 Å². The quantitative estimate of drug-likeness (QED) is 0.923. The molecule has 0 bridgehead atoms. The van der Waals surface area contributed by atoms with Crippen molar-refractivity contribution in [1.82, 2.24) is 15.2 Å². The van der Waals surface area contributed by atoms with Crippen LogP contribution in [0.1, 0.15) is 19.8 Å². The average molecular weight is 334 g/mol. The number of hydrogen-bond donors (Lipinski definition) is 1. The first kappa shape index (κ1) is 15.8. The van der Waals surface area contributed by atoms with Crippen LogP contribution in [-0.4, -0.2) is 35.4 Å². The summed E-state index contributed by atoms with van der Waals surface area (Å²) in [4.78, 5) is 6.81. The molecule has 0 atom stereocenters. The van der Waals surface area contributed by atoms with Gasteiger partial charge >= 0.3 is 0 Å². The molecular formula is C16H20ClN5O. The minimum absolute atomic E-state index is 0.461. The number of ether oxygens (including phenoxy) is 1. The molecule has 2 heterocycles. The molecule has 3 rings (SSSR count). The van der Waals surface area contributed by atoms with Gasteiger partial charge in [-0.2, -0.15) is 10.1 Å². The predicted octanol–water partition coefficient (Wildman–Crippen LogP) is 3.51. The highest BCUT2D eigenvalue weighted by Crippen LogP contribution is 2.28. The van der Waals surface area contributed by atoms with Crippen molar-refractivity contribution in [3.05, 3.63) is 29.4 Å². The fourth-order valence-electron chi connectivity index (χ4n) is 2.61. The Balaban J connectivity index is 1.73. The Morgan fingerprint density at radius 1 is 1.30 bits per heavy atom. The lowest BCUT2D eigenvalue weighted by Crippen LogP contribution is -2.33. The second-order valence-electron chi connectivity index (χ2n) is 5.78. The molecule has 0 unspecified atom stereocenters. The van der Waals surface area contributed by atoms with E-state index < -0.39 is 0 Å². The van der Waals surface area contributed by atoms with Gasteiger partial charge in [0.1, 0.15) is 5.75 Å². The number of piperidine rings is 1. The summed E-state index contributed by atoms with van der Waals surface area (Å²) < 4.78 is 5.15. The molecule has 0 aliphatic carbocycles. The lowest BCUT2D eigenvalue weighted by Gasteiger charge is -2.30. The van der Waals surface area contributed by atoms with Crippen molar-refractivity contribution in [2.24, 2.45) is 5.92 Å². The van der Waals surface area contributed by atoms with Crippen LogP contribution < -0.4 is 15.0 Å².